The van der Waals surface area contributed by atoms with Gasteiger partial charge in [-0.3, -0.25) is 14.5 Å². The summed E-state index contributed by atoms with van der Waals surface area (Å²) in [5, 5.41) is 9.92. The van der Waals surface area contributed by atoms with Crippen molar-refractivity contribution < 1.29 is 14.3 Å². The van der Waals surface area contributed by atoms with Crippen molar-refractivity contribution in [3.63, 3.8) is 0 Å². The molecule has 6 nitrogen and oxygen atoms in total. The Morgan fingerprint density at radius 2 is 1.88 bits per heavy atom. The smallest absolute Gasteiger partial charge is 0.227 e. The Bertz CT molecular complexity index is 662. The summed E-state index contributed by atoms with van der Waals surface area (Å²) in [6.07, 6.45) is 5.59. The monoisotopic (exact) mass is 368 g/mol. The van der Waals surface area contributed by atoms with Gasteiger partial charge in [-0.15, -0.1) is 11.6 Å². The second-order valence-electron chi connectivity index (χ2n) is 6.92. The van der Waals surface area contributed by atoms with Crippen LogP contribution in [0.2, 0.25) is 0 Å². The van der Waals surface area contributed by atoms with Crippen LogP contribution >= 0.6 is 11.6 Å². The van der Waals surface area contributed by atoms with Gasteiger partial charge in [-0.25, -0.2) is 0 Å². The zero-order chi connectivity index (χ0) is 17.8. The number of hydrogen-bond acceptors (Lipinski definition) is 5. The third-order valence-electron chi connectivity index (χ3n) is 5.18. The number of amides is 1. The van der Waals surface area contributed by atoms with Gasteiger partial charge in [-0.05, 0) is 12.8 Å². The van der Waals surface area contributed by atoms with Crippen LogP contribution in [0.1, 0.15) is 43.6 Å². The average Bonchev–Trinajstić information content (AvgIpc) is 2.66. The lowest BCUT2D eigenvalue weighted by molar-refractivity contribution is -0.138. The van der Waals surface area contributed by atoms with Gasteiger partial charge in [0.1, 0.15) is 5.76 Å². The van der Waals surface area contributed by atoms with Crippen molar-refractivity contribution in [2.45, 2.75) is 44.5 Å². The normalized spacial score (nSPS) is 20.0. The zero-order valence-corrected chi connectivity index (χ0v) is 15.1. The number of hydrogen-bond donors (Lipinski definition) is 1. The number of nitrogens with zero attached hydrogens (tertiary/aromatic N) is 2. The Morgan fingerprint density at radius 3 is 2.52 bits per heavy atom. The van der Waals surface area contributed by atoms with Crippen molar-refractivity contribution in [3.05, 3.63) is 27.8 Å². The van der Waals surface area contributed by atoms with Gasteiger partial charge in [0.15, 0.2) is 5.76 Å². The van der Waals surface area contributed by atoms with Crippen LogP contribution in [-0.2, 0) is 17.2 Å². The lowest BCUT2D eigenvalue weighted by Crippen LogP contribution is -2.50. The molecule has 25 heavy (non-hydrogen) atoms. The maximum Gasteiger partial charge on any atom is 0.227 e. The van der Waals surface area contributed by atoms with Crippen LogP contribution in [0.15, 0.2) is 15.3 Å². The molecule has 1 amide bonds. The molecule has 0 spiro atoms. The first-order chi connectivity index (χ1) is 12.1. The Labute approximate surface area is 152 Å². The highest BCUT2D eigenvalue weighted by Crippen LogP contribution is 2.26. The maximum absolute atomic E-state index is 12.6. The third-order valence-corrected chi connectivity index (χ3v) is 5.44. The summed E-state index contributed by atoms with van der Waals surface area (Å²) in [6.45, 7) is 3.10. The van der Waals surface area contributed by atoms with E-state index in [9.17, 15) is 14.7 Å². The van der Waals surface area contributed by atoms with E-state index in [1.54, 1.807) is 0 Å². The van der Waals surface area contributed by atoms with E-state index in [1.165, 1.54) is 12.5 Å². The van der Waals surface area contributed by atoms with Gasteiger partial charge >= 0.3 is 0 Å². The van der Waals surface area contributed by atoms with Crippen LogP contribution in [0.5, 0.6) is 5.75 Å². The highest BCUT2D eigenvalue weighted by atomic mass is 35.5. The van der Waals surface area contributed by atoms with Crippen molar-refractivity contribution in [2.24, 2.45) is 5.92 Å². The number of piperazine rings is 1. The van der Waals surface area contributed by atoms with Gasteiger partial charge in [-0.1, -0.05) is 19.3 Å². The first-order valence-corrected chi connectivity index (χ1v) is 9.54. The molecule has 0 radical (unpaired) electrons. The fraction of sp³-hybridized carbons (Fsp3) is 0.667. The van der Waals surface area contributed by atoms with E-state index in [-0.39, 0.29) is 29.2 Å². The second kappa shape index (κ2) is 8.23. The van der Waals surface area contributed by atoms with Gasteiger partial charge in [0.25, 0.3) is 0 Å². The summed E-state index contributed by atoms with van der Waals surface area (Å²) < 4.78 is 5.51. The fourth-order valence-electron chi connectivity index (χ4n) is 3.70. The number of halogens is 1. The van der Waals surface area contributed by atoms with Crippen LogP contribution in [0.25, 0.3) is 0 Å². The van der Waals surface area contributed by atoms with Crippen molar-refractivity contribution >= 4 is 17.5 Å². The third kappa shape index (κ3) is 4.36. The zero-order valence-electron chi connectivity index (χ0n) is 14.4. The summed E-state index contributed by atoms with van der Waals surface area (Å²) in [4.78, 5) is 28.4. The number of carbonyl (C=O) groups is 1. The lowest BCUT2D eigenvalue weighted by Gasteiger charge is -2.37. The first-order valence-electron chi connectivity index (χ1n) is 9.00. The molecule has 2 fully saturated rings. The van der Waals surface area contributed by atoms with Gasteiger partial charge < -0.3 is 14.4 Å². The van der Waals surface area contributed by atoms with E-state index in [4.69, 9.17) is 16.0 Å². The Morgan fingerprint density at radius 1 is 1.20 bits per heavy atom. The minimum Gasteiger partial charge on any atom is -0.502 e. The van der Waals surface area contributed by atoms with Gasteiger partial charge in [0, 0.05) is 38.2 Å². The van der Waals surface area contributed by atoms with E-state index < -0.39 is 5.43 Å². The quantitative estimate of drug-likeness (QED) is 0.825. The molecule has 1 aromatic heterocycles. The first kappa shape index (κ1) is 18.3. The van der Waals surface area contributed by atoms with Gasteiger partial charge in [0.2, 0.25) is 17.1 Å². The summed E-state index contributed by atoms with van der Waals surface area (Å²) in [6, 6.07) is 1.21. The van der Waals surface area contributed by atoms with Crippen molar-refractivity contribution in [3.8, 4) is 5.75 Å². The minimum atomic E-state index is -0.469. The lowest BCUT2D eigenvalue weighted by atomic mass is 9.88. The van der Waals surface area contributed by atoms with Crippen LogP contribution in [0.3, 0.4) is 0 Å². The van der Waals surface area contributed by atoms with Crippen molar-refractivity contribution in [1.82, 2.24) is 9.80 Å². The van der Waals surface area contributed by atoms with Crippen LogP contribution in [0.4, 0.5) is 0 Å². The van der Waals surface area contributed by atoms with Crippen molar-refractivity contribution in [2.75, 3.05) is 26.2 Å². The largest absolute Gasteiger partial charge is 0.502 e. The maximum atomic E-state index is 12.6. The summed E-state index contributed by atoms with van der Waals surface area (Å²) in [5.74, 6) is 0.822. The fourth-order valence-corrected chi connectivity index (χ4v) is 3.83. The molecule has 0 aromatic carbocycles. The number of alkyl halides is 1. The second-order valence-corrected chi connectivity index (χ2v) is 7.19. The standard InChI is InChI=1S/C18H25ClN2O4/c19-11-14-10-15(22)17(23)16(25-14)12-20-6-8-21(9-7-20)18(24)13-4-2-1-3-5-13/h10,13,23H,1-9,11-12H2. The Kier molecular flexibility index (Phi) is 6.02. The summed E-state index contributed by atoms with van der Waals surface area (Å²) >= 11 is 5.72. The molecule has 0 unspecified atom stereocenters. The molecule has 1 saturated heterocycles. The molecule has 1 aromatic rings. The topological polar surface area (TPSA) is 74.0 Å². The van der Waals surface area contributed by atoms with E-state index in [0.717, 1.165) is 25.7 Å². The van der Waals surface area contributed by atoms with Crippen LogP contribution in [-0.4, -0.2) is 47.0 Å². The molecule has 1 aliphatic heterocycles. The molecule has 2 heterocycles. The predicted molar refractivity (Wildman–Crippen MR) is 94.6 cm³/mol. The Hall–Kier alpha value is -1.53. The van der Waals surface area contributed by atoms with Crippen molar-refractivity contribution in [1.29, 1.82) is 0 Å². The number of carbonyl (C=O) groups excluding carboxylic acids is 1. The minimum absolute atomic E-state index is 0.0895. The Balaban J connectivity index is 1.57. The molecule has 138 valence electrons. The highest BCUT2D eigenvalue weighted by molar-refractivity contribution is 6.16. The SMILES string of the molecule is O=C(C1CCCCC1)N1CCN(Cc2oc(CCl)cc(=O)c2O)CC1. The van der Waals surface area contributed by atoms with Gasteiger partial charge in [-0.2, -0.15) is 0 Å². The number of rotatable bonds is 4. The average molecular weight is 369 g/mol. The predicted octanol–water partition coefficient (Wildman–Crippen LogP) is 2.31. The molecule has 2 aliphatic rings. The van der Waals surface area contributed by atoms with E-state index >= 15 is 0 Å². The molecule has 1 N–H and O–H groups in total. The molecular weight excluding hydrogens is 344 g/mol. The summed E-state index contributed by atoms with van der Waals surface area (Å²) in [5.41, 5.74) is -0.469. The molecule has 1 saturated carbocycles. The number of aromatic hydroxyl groups is 1. The highest BCUT2D eigenvalue weighted by Gasteiger charge is 2.29. The van der Waals surface area contributed by atoms with Crippen LogP contribution < -0.4 is 5.43 Å². The van der Waals surface area contributed by atoms with E-state index in [0.29, 0.717) is 38.5 Å². The molecule has 0 bridgehead atoms. The molecular formula is C18H25ClN2O4. The summed E-state index contributed by atoms with van der Waals surface area (Å²) in [7, 11) is 0. The molecule has 1 aliphatic carbocycles. The molecule has 7 heteroatoms. The molecule has 3 rings (SSSR count). The van der Waals surface area contributed by atoms with Gasteiger partial charge in [0.05, 0.1) is 12.4 Å². The van der Waals surface area contributed by atoms with E-state index in [1.807, 2.05) is 4.90 Å². The van der Waals surface area contributed by atoms with Crippen LogP contribution in [0, 0.1) is 5.92 Å². The molecule has 0 atom stereocenters. The van der Waals surface area contributed by atoms with E-state index in [2.05, 4.69) is 4.90 Å².